The molecule has 0 aliphatic carbocycles. The van der Waals surface area contributed by atoms with Crippen molar-refractivity contribution in [3.05, 3.63) is 59.7 Å². The lowest BCUT2D eigenvalue weighted by atomic mass is 10.1. The number of carbonyl (C=O) groups excluding carboxylic acids is 1. The van der Waals surface area contributed by atoms with Crippen molar-refractivity contribution in [2.75, 3.05) is 25.9 Å². The quantitative estimate of drug-likeness (QED) is 0.269. The molecule has 37 heavy (non-hydrogen) atoms. The van der Waals surface area contributed by atoms with Crippen LogP contribution in [0.5, 0.6) is 11.5 Å². The van der Waals surface area contributed by atoms with Gasteiger partial charge in [-0.05, 0) is 18.6 Å². The van der Waals surface area contributed by atoms with Crippen LogP contribution >= 0.6 is 0 Å². The summed E-state index contributed by atoms with van der Waals surface area (Å²) in [5.74, 6) is -9.79. The van der Waals surface area contributed by atoms with Crippen molar-refractivity contribution in [1.29, 1.82) is 0 Å². The molecule has 0 saturated heterocycles. The van der Waals surface area contributed by atoms with E-state index in [0.29, 0.717) is 25.2 Å². The smallest absolute Gasteiger partial charge is 0.236 e. The molecule has 0 atom stereocenters. The van der Waals surface area contributed by atoms with E-state index in [4.69, 9.17) is 16.2 Å². The second-order valence-electron chi connectivity index (χ2n) is 7.94. The van der Waals surface area contributed by atoms with E-state index >= 15 is 4.39 Å². The van der Waals surface area contributed by atoms with Crippen LogP contribution in [0.25, 0.3) is 22.3 Å². The number of halogens is 5. The summed E-state index contributed by atoms with van der Waals surface area (Å²) in [5.41, 5.74) is 11.7. The maximum Gasteiger partial charge on any atom is 0.236 e. The SMILES string of the molecule is CN(CCCn1nc(-c2ccc(Oc3c(F)c(F)cc(F)c3F)cc2F)c2c(N)ncnc21)C(=O)CN. The second-order valence-corrected chi connectivity index (χ2v) is 7.94. The standard InChI is InChI=1S/C23H20F5N7O2/c1-34(16(36)9-29)5-2-6-35-23-17(22(30)31-10-32-23)20(33-35)12-4-3-11(7-13(12)24)37-21-18(27)14(25)8-15(26)19(21)28/h3-4,7-8,10H,2,5-6,9,29H2,1H3,(H2,30,31,32). The molecule has 0 aliphatic heterocycles. The summed E-state index contributed by atoms with van der Waals surface area (Å²) in [6, 6.07) is 3.14. The third-order valence-corrected chi connectivity index (χ3v) is 5.51. The Balaban J connectivity index is 1.66. The van der Waals surface area contributed by atoms with Crippen LogP contribution in [0.1, 0.15) is 6.42 Å². The van der Waals surface area contributed by atoms with Gasteiger partial charge >= 0.3 is 0 Å². The molecule has 9 nitrogen and oxygen atoms in total. The van der Waals surface area contributed by atoms with Gasteiger partial charge in [-0.25, -0.2) is 27.8 Å². The minimum Gasteiger partial charge on any atom is -0.451 e. The van der Waals surface area contributed by atoms with Gasteiger partial charge in [-0.3, -0.25) is 4.79 Å². The zero-order valence-corrected chi connectivity index (χ0v) is 19.3. The first-order chi connectivity index (χ1) is 17.6. The molecule has 0 spiro atoms. The van der Waals surface area contributed by atoms with Gasteiger partial charge in [0.05, 0.1) is 11.9 Å². The van der Waals surface area contributed by atoms with Crippen LogP contribution in [0, 0.1) is 29.1 Å². The molecular formula is C23H20F5N7O2. The van der Waals surface area contributed by atoms with Crippen LogP contribution < -0.4 is 16.2 Å². The summed E-state index contributed by atoms with van der Waals surface area (Å²) in [5, 5.41) is 4.67. The van der Waals surface area contributed by atoms with Crippen LogP contribution in [0.4, 0.5) is 27.8 Å². The van der Waals surface area contributed by atoms with Crippen molar-refractivity contribution in [2.24, 2.45) is 5.73 Å². The zero-order valence-electron chi connectivity index (χ0n) is 19.3. The predicted octanol–water partition coefficient (Wildman–Crippen LogP) is 3.37. The highest BCUT2D eigenvalue weighted by Crippen LogP contribution is 2.36. The molecule has 14 heteroatoms. The van der Waals surface area contributed by atoms with E-state index < -0.39 is 40.6 Å². The highest BCUT2D eigenvalue weighted by Gasteiger charge is 2.23. The van der Waals surface area contributed by atoms with E-state index in [1.807, 2.05) is 0 Å². The number of carbonyl (C=O) groups is 1. The Morgan fingerprint density at radius 1 is 1.05 bits per heavy atom. The number of nitrogens with zero attached hydrogens (tertiary/aromatic N) is 5. The number of nitrogens with two attached hydrogens (primary N) is 2. The number of anilines is 1. The first-order valence-electron chi connectivity index (χ1n) is 10.8. The van der Waals surface area contributed by atoms with Gasteiger partial charge in [0.2, 0.25) is 23.3 Å². The summed E-state index contributed by atoms with van der Waals surface area (Å²) in [6.45, 7) is 0.546. The normalized spacial score (nSPS) is 11.2. The Labute approximate surface area is 206 Å². The lowest BCUT2D eigenvalue weighted by Crippen LogP contribution is -2.33. The number of hydrogen-bond donors (Lipinski definition) is 2. The summed E-state index contributed by atoms with van der Waals surface area (Å²) in [7, 11) is 1.61. The van der Waals surface area contributed by atoms with Crippen molar-refractivity contribution in [3.63, 3.8) is 0 Å². The second kappa shape index (κ2) is 10.3. The molecule has 0 fully saturated rings. The predicted molar refractivity (Wildman–Crippen MR) is 123 cm³/mol. The molecule has 0 radical (unpaired) electrons. The Hall–Kier alpha value is -4.33. The number of aromatic nitrogens is 4. The number of benzene rings is 2. The minimum absolute atomic E-state index is 0.0285. The van der Waals surface area contributed by atoms with Gasteiger partial charge in [0, 0.05) is 37.8 Å². The molecule has 0 unspecified atom stereocenters. The minimum atomic E-state index is -1.77. The van der Waals surface area contributed by atoms with Crippen LogP contribution in [0.2, 0.25) is 0 Å². The van der Waals surface area contributed by atoms with Gasteiger partial charge in [0.1, 0.15) is 29.4 Å². The van der Waals surface area contributed by atoms with Crippen molar-refractivity contribution >= 4 is 22.8 Å². The Kier molecular flexibility index (Phi) is 7.20. The number of rotatable bonds is 8. The van der Waals surface area contributed by atoms with E-state index in [9.17, 15) is 22.4 Å². The summed E-state index contributed by atoms with van der Waals surface area (Å²) >= 11 is 0. The van der Waals surface area contributed by atoms with Crippen molar-refractivity contribution in [3.8, 4) is 22.8 Å². The molecule has 2 heterocycles. The number of fused-ring (bicyclic) bond motifs is 1. The molecule has 194 valence electrons. The number of hydrogen-bond acceptors (Lipinski definition) is 7. The summed E-state index contributed by atoms with van der Waals surface area (Å²) in [4.78, 5) is 21.2. The molecule has 0 saturated carbocycles. The van der Waals surface area contributed by atoms with Crippen LogP contribution in [-0.4, -0.2) is 50.7 Å². The lowest BCUT2D eigenvalue weighted by Gasteiger charge is -2.15. The van der Waals surface area contributed by atoms with E-state index in [-0.39, 0.29) is 41.0 Å². The Morgan fingerprint density at radius 2 is 1.76 bits per heavy atom. The summed E-state index contributed by atoms with van der Waals surface area (Å²) in [6.07, 6.45) is 1.69. The molecule has 0 bridgehead atoms. The molecule has 0 aliphatic rings. The molecular weight excluding hydrogens is 501 g/mol. The fourth-order valence-electron chi connectivity index (χ4n) is 3.62. The van der Waals surface area contributed by atoms with Gasteiger partial charge in [0.25, 0.3) is 0 Å². The van der Waals surface area contributed by atoms with Gasteiger partial charge in [-0.1, -0.05) is 0 Å². The third-order valence-electron chi connectivity index (χ3n) is 5.51. The Bertz CT molecular complexity index is 1470. The van der Waals surface area contributed by atoms with Gasteiger partial charge in [-0.2, -0.15) is 13.9 Å². The van der Waals surface area contributed by atoms with Gasteiger partial charge < -0.3 is 21.1 Å². The number of nitrogen functional groups attached to an aromatic ring is 1. The fourth-order valence-corrected chi connectivity index (χ4v) is 3.62. The molecule has 4 rings (SSSR count). The number of ether oxygens (including phenoxy) is 1. The van der Waals surface area contributed by atoms with E-state index in [1.54, 1.807) is 7.05 Å². The average Bonchev–Trinajstić information content (AvgIpc) is 3.24. The largest absolute Gasteiger partial charge is 0.451 e. The van der Waals surface area contributed by atoms with Crippen LogP contribution in [-0.2, 0) is 11.3 Å². The molecule has 1 amide bonds. The van der Waals surface area contributed by atoms with Crippen molar-refractivity contribution in [2.45, 2.75) is 13.0 Å². The van der Waals surface area contributed by atoms with Gasteiger partial charge in [0.15, 0.2) is 17.3 Å². The monoisotopic (exact) mass is 521 g/mol. The Morgan fingerprint density at radius 3 is 2.41 bits per heavy atom. The number of aryl methyl sites for hydroxylation is 1. The molecule has 2 aromatic heterocycles. The maximum atomic E-state index is 15.2. The lowest BCUT2D eigenvalue weighted by molar-refractivity contribution is -0.128. The van der Waals surface area contributed by atoms with E-state index in [1.165, 1.54) is 22.0 Å². The van der Waals surface area contributed by atoms with E-state index in [2.05, 4.69) is 15.1 Å². The maximum absolute atomic E-state index is 15.2. The number of amides is 1. The first-order valence-corrected chi connectivity index (χ1v) is 10.8. The van der Waals surface area contributed by atoms with Crippen LogP contribution in [0.15, 0.2) is 30.6 Å². The van der Waals surface area contributed by atoms with Crippen molar-refractivity contribution < 1.29 is 31.5 Å². The first kappa shape index (κ1) is 25.8. The van der Waals surface area contributed by atoms with Gasteiger partial charge in [-0.15, -0.1) is 0 Å². The summed E-state index contributed by atoms with van der Waals surface area (Å²) < 4.78 is 76.4. The van der Waals surface area contributed by atoms with Crippen molar-refractivity contribution in [1.82, 2.24) is 24.6 Å². The third kappa shape index (κ3) is 5.00. The average molecular weight is 521 g/mol. The zero-order chi connectivity index (χ0) is 26.9. The highest BCUT2D eigenvalue weighted by atomic mass is 19.2. The van der Waals surface area contributed by atoms with Crippen LogP contribution in [0.3, 0.4) is 0 Å². The van der Waals surface area contributed by atoms with E-state index in [0.717, 1.165) is 12.1 Å². The molecule has 4 aromatic rings. The topological polar surface area (TPSA) is 125 Å². The highest BCUT2D eigenvalue weighted by molar-refractivity contribution is 5.98. The fraction of sp³-hybridized carbons (Fsp3) is 0.217. The molecule has 2 aromatic carbocycles. The molecule has 4 N–H and O–H groups in total. The number of likely N-dealkylation sites (N-methyl/N-ethyl adjacent to an activating group) is 1.